The third-order valence-corrected chi connectivity index (χ3v) is 6.63. The molecule has 4 aromatic rings. The third kappa shape index (κ3) is 2.63. The van der Waals surface area contributed by atoms with Gasteiger partial charge in [0.1, 0.15) is 11.4 Å². The van der Waals surface area contributed by atoms with Crippen molar-refractivity contribution in [2.75, 3.05) is 20.1 Å². The van der Waals surface area contributed by atoms with E-state index in [2.05, 4.69) is 45.9 Å². The average Bonchev–Trinajstić information content (AvgIpc) is 3.30. The monoisotopic (exact) mass is 378 g/mol. The first-order valence-electron chi connectivity index (χ1n) is 9.35. The summed E-state index contributed by atoms with van der Waals surface area (Å²) in [5.41, 5.74) is 3.50. The van der Waals surface area contributed by atoms with Gasteiger partial charge in [-0.25, -0.2) is 0 Å². The van der Waals surface area contributed by atoms with E-state index in [0.29, 0.717) is 11.8 Å². The number of phenols is 1. The number of thiophene rings is 1. The predicted octanol–water partition coefficient (Wildman–Crippen LogP) is 4.59. The van der Waals surface area contributed by atoms with E-state index in [0.717, 1.165) is 51.0 Å². The quantitative estimate of drug-likeness (QED) is 0.554. The summed E-state index contributed by atoms with van der Waals surface area (Å²) in [6, 6.07) is 8.53. The number of nitrogens with zero attached hydrogens (tertiary/aromatic N) is 4. The van der Waals surface area contributed by atoms with Crippen molar-refractivity contribution in [1.82, 2.24) is 19.7 Å². The fourth-order valence-corrected chi connectivity index (χ4v) is 5.06. The normalized spacial score (nSPS) is 18.5. The van der Waals surface area contributed by atoms with E-state index in [1.54, 1.807) is 11.3 Å². The fourth-order valence-electron chi connectivity index (χ4n) is 4.27. The molecule has 0 unspecified atom stereocenters. The van der Waals surface area contributed by atoms with Crippen LogP contribution in [0.5, 0.6) is 5.75 Å². The lowest BCUT2D eigenvalue weighted by atomic mass is 10.0. The van der Waals surface area contributed by atoms with Gasteiger partial charge in [0.25, 0.3) is 0 Å². The van der Waals surface area contributed by atoms with Gasteiger partial charge < -0.3 is 14.6 Å². The van der Waals surface area contributed by atoms with Crippen LogP contribution in [0.3, 0.4) is 0 Å². The molecule has 1 fully saturated rings. The van der Waals surface area contributed by atoms with Gasteiger partial charge in [-0.3, -0.25) is 0 Å². The highest BCUT2D eigenvalue weighted by Gasteiger charge is 2.22. The first-order valence-corrected chi connectivity index (χ1v) is 10.2. The van der Waals surface area contributed by atoms with E-state index in [-0.39, 0.29) is 0 Å². The highest BCUT2D eigenvalue weighted by Crippen LogP contribution is 2.39. The van der Waals surface area contributed by atoms with Crippen molar-refractivity contribution in [2.45, 2.75) is 25.8 Å². The van der Waals surface area contributed by atoms with Crippen molar-refractivity contribution in [2.24, 2.45) is 0 Å². The molecule has 0 amide bonds. The summed E-state index contributed by atoms with van der Waals surface area (Å²) in [7, 11) is 2.18. The van der Waals surface area contributed by atoms with Gasteiger partial charge in [0.2, 0.25) is 0 Å². The number of fused-ring (bicyclic) bond motifs is 2. The van der Waals surface area contributed by atoms with Crippen LogP contribution in [0.1, 0.15) is 24.4 Å². The van der Waals surface area contributed by atoms with Crippen LogP contribution in [0.4, 0.5) is 0 Å². The number of aromatic hydroxyl groups is 1. The minimum absolute atomic E-state index is 0.291. The molecule has 138 valence electrons. The van der Waals surface area contributed by atoms with Gasteiger partial charge in [0.15, 0.2) is 5.65 Å². The standard InChI is InChI=1S/C21H22N4OS/c1-13-15-7-10-25(14-4-3-9-24(2)12-14)21(15)23-22-19(13)17-5-6-18-16(20(17)26)8-11-27-18/h5-8,10-11,14,26H,3-4,9,12H2,1-2H3/t14-/m1/s1. The molecule has 0 bridgehead atoms. The Morgan fingerprint density at radius 3 is 2.89 bits per heavy atom. The molecular formula is C21H22N4OS. The van der Waals surface area contributed by atoms with Gasteiger partial charge >= 0.3 is 0 Å². The van der Waals surface area contributed by atoms with Crippen LogP contribution in [0.25, 0.3) is 32.4 Å². The summed E-state index contributed by atoms with van der Waals surface area (Å²) in [4.78, 5) is 2.38. The minimum atomic E-state index is 0.291. The van der Waals surface area contributed by atoms with Crippen molar-refractivity contribution in [3.8, 4) is 17.0 Å². The second-order valence-corrected chi connectivity index (χ2v) is 8.43. The van der Waals surface area contributed by atoms with Crippen LogP contribution >= 0.6 is 11.3 Å². The number of likely N-dealkylation sites (tertiary alicyclic amines) is 1. The first kappa shape index (κ1) is 16.7. The van der Waals surface area contributed by atoms with Crippen LogP contribution in [0.2, 0.25) is 0 Å². The van der Waals surface area contributed by atoms with Gasteiger partial charge in [-0.2, -0.15) is 0 Å². The Labute approximate surface area is 161 Å². The zero-order chi connectivity index (χ0) is 18.5. The Morgan fingerprint density at radius 1 is 1.15 bits per heavy atom. The molecule has 5 nitrogen and oxygen atoms in total. The van der Waals surface area contributed by atoms with Gasteiger partial charge in [-0.15, -0.1) is 21.5 Å². The zero-order valence-corrected chi connectivity index (χ0v) is 16.3. The van der Waals surface area contributed by atoms with Gasteiger partial charge in [0, 0.05) is 39.8 Å². The summed E-state index contributed by atoms with van der Waals surface area (Å²) >= 11 is 1.63. The van der Waals surface area contributed by atoms with Crippen molar-refractivity contribution in [3.05, 3.63) is 41.4 Å². The number of rotatable bonds is 2. The number of hydrogen-bond donors (Lipinski definition) is 1. The lowest BCUT2D eigenvalue weighted by Crippen LogP contribution is -2.33. The molecule has 5 rings (SSSR count). The molecule has 1 N–H and O–H groups in total. The van der Waals surface area contributed by atoms with Crippen molar-refractivity contribution >= 4 is 32.5 Å². The molecule has 1 atom stereocenters. The second kappa shape index (κ2) is 6.32. The molecule has 4 heterocycles. The van der Waals surface area contributed by atoms with Crippen LogP contribution < -0.4 is 0 Å². The number of likely N-dealkylation sites (N-methyl/N-ethyl adjacent to an activating group) is 1. The zero-order valence-electron chi connectivity index (χ0n) is 15.5. The van der Waals surface area contributed by atoms with Gasteiger partial charge in [0.05, 0.1) is 0 Å². The van der Waals surface area contributed by atoms with Crippen molar-refractivity contribution < 1.29 is 5.11 Å². The Bertz CT molecular complexity index is 1150. The van der Waals surface area contributed by atoms with Crippen molar-refractivity contribution in [3.63, 3.8) is 0 Å². The number of phenolic OH excluding ortho intramolecular Hbond substituents is 1. The molecule has 27 heavy (non-hydrogen) atoms. The topological polar surface area (TPSA) is 54.2 Å². The van der Waals surface area contributed by atoms with E-state index in [1.807, 2.05) is 23.6 Å². The Balaban J connectivity index is 1.62. The number of aromatic nitrogens is 3. The van der Waals surface area contributed by atoms with Crippen LogP contribution in [0, 0.1) is 6.92 Å². The summed E-state index contributed by atoms with van der Waals surface area (Å²) in [6.45, 7) is 4.28. The molecule has 1 aliphatic heterocycles. The smallest absolute Gasteiger partial charge is 0.163 e. The van der Waals surface area contributed by atoms with E-state index in [1.165, 1.54) is 12.8 Å². The molecule has 0 spiro atoms. The molecule has 6 heteroatoms. The molecular weight excluding hydrogens is 356 g/mol. The first-order chi connectivity index (χ1) is 13.1. The molecule has 0 radical (unpaired) electrons. The molecule has 3 aromatic heterocycles. The summed E-state index contributed by atoms with van der Waals surface area (Å²) in [5, 5.41) is 23.8. The third-order valence-electron chi connectivity index (χ3n) is 5.75. The number of hydrogen-bond acceptors (Lipinski definition) is 5. The summed E-state index contributed by atoms with van der Waals surface area (Å²) < 4.78 is 3.35. The average molecular weight is 379 g/mol. The van der Waals surface area contributed by atoms with E-state index in [9.17, 15) is 5.11 Å². The maximum atomic E-state index is 10.8. The SMILES string of the molecule is Cc1c(-c2ccc3sccc3c2O)nnc2c1ccn2[C@@H]1CCCN(C)C1. The number of aryl methyl sites for hydroxylation is 1. The summed E-state index contributed by atoms with van der Waals surface area (Å²) in [5.74, 6) is 0.291. The molecule has 1 saturated heterocycles. The predicted molar refractivity (Wildman–Crippen MR) is 111 cm³/mol. The largest absolute Gasteiger partial charge is 0.507 e. The molecule has 0 saturated carbocycles. The Hall–Kier alpha value is -2.44. The number of benzene rings is 1. The maximum absolute atomic E-state index is 10.8. The van der Waals surface area contributed by atoms with Crippen LogP contribution in [0.15, 0.2) is 35.8 Å². The van der Waals surface area contributed by atoms with E-state index < -0.39 is 0 Å². The molecule has 1 aliphatic rings. The second-order valence-electron chi connectivity index (χ2n) is 7.49. The fraction of sp³-hybridized carbons (Fsp3) is 0.333. The lowest BCUT2D eigenvalue weighted by Gasteiger charge is -2.30. The Morgan fingerprint density at radius 2 is 2.04 bits per heavy atom. The van der Waals surface area contributed by atoms with Gasteiger partial charge in [-0.1, -0.05) is 0 Å². The van der Waals surface area contributed by atoms with E-state index in [4.69, 9.17) is 0 Å². The summed E-state index contributed by atoms with van der Waals surface area (Å²) in [6.07, 6.45) is 4.52. The molecule has 0 aliphatic carbocycles. The van der Waals surface area contributed by atoms with Crippen LogP contribution in [-0.4, -0.2) is 44.9 Å². The Kier molecular flexibility index (Phi) is 3.91. The number of piperidine rings is 1. The van der Waals surface area contributed by atoms with Gasteiger partial charge in [-0.05, 0) is 68.6 Å². The van der Waals surface area contributed by atoms with Crippen LogP contribution in [-0.2, 0) is 0 Å². The van der Waals surface area contributed by atoms with E-state index >= 15 is 0 Å². The minimum Gasteiger partial charge on any atom is -0.507 e. The highest BCUT2D eigenvalue weighted by molar-refractivity contribution is 7.17. The maximum Gasteiger partial charge on any atom is 0.163 e. The van der Waals surface area contributed by atoms with Crippen molar-refractivity contribution in [1.29, 1.82) is 0 Å². The highest BCUT2D eigenvalue weighted by atomic mass is 32.1. The molecule has 1 aromatic carbocycles. The lowest BCUT2D eigenvalue weighted by molar-refractivity contribution is 0.214.